The van der Waals surface area contributed by atoms with Crippen molar-refractivity contribution in [2.24, 2.45) is 5.92 Å². The predicted molar refractivity (Wildman–Crippen MR) is 115 cm³/mol. The Morgan fingerprint density at radius 2 is 1.80 bits per heavy atom. The Balaban J connectivity index is 1.53. The van der Waals surface area contributed by atoms with Gasteiger partial charge in [-0.15, -0.1) is 0 Å². The molecule has 0 aliphatic carbocycles. The number of hydrogen-bond donors (Lipinski definition) is 1. The molecular weight excluding hydrogens is 406 g/mol. The van der Waals surface area contributed by atoms with Crippen LogP contribution in [0.1, 0.15) is 37.7 Å². The number of nitrogens with one attached hydrogen (secondary N) is 1. The van der Waals surface area contributed by atoms with Crippen molar-refractivity contribution in [3.8, 4) is 11.5 Å². The normalized spacial score (nSPS) is 21.2. The van der Waals surface area contributed by atoms with Crippen LogP contribution in [-0.4, -0.2) is 69.9 Å². The quantitative estimate of drug-likeness (QED) is 0.667. The standard InChI is InChI=1S/C21H33N3O5S/c1-28-19-9-8-17(20(15-19)29-2)10-11-22-21(25)18-7-6-14-24(16-18)30(26,27)23-12-4-3-5-13-23/h8-9,15,18H,3-7,10-14,16H2,1-2H3,(H,22,25)/t18-/m0/s1. The molecule has 0 bridgehead atoms. The van der Waals surface area contributed by atoms with E-state index in [0.717, 1.165) is 36.3 Å². The van der Waals surface area contributed by atoms with E-state index in [1.165, 1.54) is 4.31 Å². The van der Waals surface area contributed by atoms with Crippen molar-refractivity contribution in [3.05, 3.63) is 23.8 Å². The van der Waals surface area contributed by atoms with Crippen molar-refractivity contribution in [1.29, 1.82) is 0 Å². The van der Waals surface area contributed by atoms with Crippen LogP contribution in [0.25, 0.3) is 0 Å². The zero-order valence-corrected chi connectivity index (χ0v) is 18.7. The first-order valence-electron chi connectivity index (χ1n) is 10.7. The maximum atomic E-state index is 12.9. The fourth-order valence-corrected chi connectivity index (χ4v) is 5.92. The number of ether oxygens (including phenoxy) is 2. The van der Waals surface area contributed by atoms with Crippen LogP contribution in [0.5, 0.6) is 11.5 Å². The Hall–Kier alpha value is -1.84. The van der Waals surface area contributed by atoms with Gasteiger partial charge in [-0.1, -0.05) is 12.5 Å². The van der Waals surface area contributed by atoms with Gasteiger partial charge in [-0.05, 0) is 43.7 Å². The molecule has 8 nitrogen and oxygen atoms in total. The molecule has 2 saturated heterocycles. The number of benzene rings is 1. The summed E-state index contributed by atoms with van der Waals surface area (Å²) < 4.78 is 39.5. The van der Waals surface area contributed by atoms with Crippen LogP contribution < -0.4 is 14.8 Å². The first-order chi connectivity index (χ1) is 14.5. The van der Waals surface area contributed by atoms with Gasteiger partial charge in [0.15, 0.2) is 0 Å². The number of amides is 1. The van der Waals surface area contributed by atoms with Gasteiger partial charge in [0.25, 0.3) is 10.2 Å². The Bertz CT molecular complexity index is 824. The minimum Gasteiger partial charge on any atom is -0.497 e. The zero-order chi connectivity index (χ0) is 21.6. The van der Waals surface area contributed by atoms with Gasteiger partial charge in [-0.3, -0.25) is 4.79 Å². The third kappa shape index (κ3) is 5.44. The van der Waals surface area contributed by atoms with Crippen molar-refractivity contribution >= 4 is 16.1 Å². The van der Waals surface area contributed by atoms with E-state index in [-0.39, 0.29) is 18.4 Å². The number of piperidine rings is 2. The Morgan fingerprint density at radius 1 is 1.07 bits per heavy atom. The third-order valence-electron chi connectivity index (χ3n) is 5.91. The monoisotopic (exact) mass is 439 g/mol. The number of carbonyl (C=O) groups is 1. The molecule has 0 radical (unpaired) electrons. The molecule has 0 spiro atoms. The van der Waals surface area contributed by atoms with Gasteiger partial charge in [-0.2, -0.15) is 17.0 Å². The fraction of sp³-hybridized carbons (Fsp3) is 0.667. The van der Waals surface area contributed by atoms with E-state index in [0.29, 0.717) is 45.4 Å². The number of carbonyl (C=O) groups excluding carboxylic acids is 1. The molecule has 0 unspecified atom stereocenters. The average molecular weight is 440 g/mol. The SMILES string of the molecule is COc1ccc(CCNC(=O)[C@H]2CCCN(S(=O)(=O)N3CCCCC3)C2)c(OC)c1. The van der Waals surface area contributed by atoms with E-state index in [1.807, 2.05) is 18.2 Å². The second-order valence-electron chi connectivity index (χ2n) is 7.88. The average Bonchev–Trinajstić information content (AvgIpc) is 2.79. The van der Waals surface area contributed by atoms with E-state index in [9.17, 15) is 13.2 Å². The summed E-state index contributed by atoms with van der Waals surface area (Å²) in [6, 6.07) is 5.61. The van der Waals surface area contributed by atoms with Crippen molar-refractivity contribution in [2.75, 3.05) is 46.9 Å². The van der Waals surface area contributed by atoms with E-state index >= 15 is 0 Å². The Morgan fingerprint density at radius 3 is 2.50 bits per heavy atom. The third-order valence-corrected chi connectivity index (χ3v) is 7.91. The highest BCUT2D eigenvalue weighted by molar-refractivity contribution is 7.86. The number of hydrogen-bond acceptors (Lipinski definition) is 5. The summed E-state index contributed by atoms with van der Waals surface area (Å²) in [5, 5.41) is 2.97. The molecule has 0 aromatic heterocycles. The molecule has 1 N–H and O–H groups in total. The summed E-state index contributed by atoms with van der Waals surface area (Å²) in [7, 11) is -0.260. The lowest BCUT2D eigenvalue weighted by molar-refractivity contribution is -0.126. The van der Waals surface area contributed by atoms with Gasteiger partial charge < -0.3 is 14.8 Å². The molecule has 1 atom stereocenters. The summed E-state index contributed by atoms with van der Waals surface area (Å²) in [5.74, 6) is 1.05. The molecule has 9 heteroatoms. The summed E-state index contributed by atoms with van der Waals surface area (Å²) in [4.78, 5) is 12.7. The summed E-state index contributed by atoms with van der Waals surface area (Å²) in [5.41, 5.74) is 0.983. The second kappa shape index (κ2) is 10.5. The first kappa shape index (κ1) is 22.8. The molecule has 2 heterocycles. The molecule has 0 saturated carbocycles. The molecule has 1 aromatic rings. The molecule has 30 heavy (non-hydrogen) atoms. The van der Waals surface area contributed by atoms with E-state index in [2.05, 4.69) is 5.32 Å². The lowest BCUT2D eigenvalue weighted by Crippen LogP contribution is -2.51. The Labute approximate surface area is 179 Å². The largest absolute Gasteiger partial charge is 0.497 e. The van der Waals surface area contributed by atoms with Crippen molar-refractivity contribution in [3.63, 3.8) is 0 Å². The van der Waals surface area contributed by atoms with Crippen LogP contribution in [0, 0.1) is 5.92 Å². The molecule has 2 fully saturated rings. The number of nitrogens with zero attached hydrogens (tertiary/aromatic N) is 2. The van der Waals surface area contributed by atoms with Crippen LogP contribution in [0.15, 0.2) is 18.2 Å². The van der Waals surface area contributed by atoms with E-state index < -0.39 is 10.2 Å². The molecule has 1 amide bonds. The van der Waals surface area contributed by atoms with Gasteiger partial charge in [0.1, 0.15) is 11.5 Å². The maximum Gasteiger partial charge on any atom is 0.281 e. The molecule has 2 aliphatic heterocycles. The van der Waals surface area contributed by atoms with Crippen LogP contribution in [-0.2, 0) is 21.4 Å². The van der Waals surface area contributed by atoms with Crippen LogP contribution in [0.4, 0.5) is 0 Å². The minimum absolute atomic E-state index is 0.0824. The highest BCUT2D eigenvalue weighted by atomic mass is 32.2. The Kier molecular flexibility index (Phi) is 7.96. The van der Waals surface area contributed by atoms with Gasteiger partial charge in [-0.25, -0.2) is 0 Å². The summed E-state index contributed by atoms with van der Waals surface area (Å²) in [6.45, 7) is 2.39. The van der Waals surface area contributed by atoms with E-state index in [4.69, 9.17) is 9.47 Å². The first-order valence-corrected chi connectivity index (χ1v) is 12.1. The minimum atomic E-state index is -3.47. The van der Waals surface area contributed by atoms with Crippen molar-refractivity contribution in [1.82, 2.24) is 13.9 Å². The van der Waals surface area contributed by atoms with Crippen molar-refractivity contribution < 1.29 is 22.7 Å². The number of methoxy groups -OCH3 is 2. The molecule has 1 aromatic carbocycles. The maximum absolute atomic E-state index is 12.9. The molecule has 2 aliphatic rings. The van der Waals surface area contributed by atoms with Crippen molar-refractivity contribution in [2.45, 2.75) is 38.5 Å². The topological polar surface area (TPSA) is 88.2 Å². The molecule has 168 valence electrons. The lowest BCUT2D eigenvalue weighted by Gasteiger charge is -2.36. The number of rotatable bonds is 8. The highest BCUT2D eigenvalue weighted by Crippen LogP contribution is 2.25. The van der Waals surface area contributed by atoms with Gasteiger partial charge in [0.2, 0.25) is 5.91 Å². The molecular formula is C21H33N3O5S. The lowest BCUT2D eigenvalue weighted by atomic mass is 9.98. The van der Waals surface area contributed by atoms with Crippen LogP contribution in [0.2, 0.25) is 0 Å². The van der Waals surface area contributed by atoms with E-state index in [1.54, 1.807) is 18.5 Å². The predicted octanol–water partition coefficient (Wildman–Crippen LogP) is 1.81. The van der Waals surface area contributed by atoms with Crippen LogP contribution in [0.3, 0.4) is 0 Å². The highest BCUT2D eigenvalue weighted by Gasteiger charge is 2.36. The smallest absolute Gasteiger partial charge is 0.281 e. The van der Waals surface area contributed by atoms with Gasteiger partial charge in [0.05, 0.1) is 20.1 Å². The summed E-state index contributed by atoms with van der Waals surface area (Å²) in [6.07, 6.45) is 4.94. The van der Waals surface area contributed by atoms with Crippen LogP contribution >= 0.6 is 0 Å². The second-order valence-corrected chi connectivity index (χ2v) is 9.81. The zero-order valence-electron chi connectivity index (χ0n) is 17.9. The van der Waals surface area contributed by atoms with Gasteiger partial charge >= 0.3 is 0 Å². The van der Waals surface area contributed by atoms with Gasteiger partial charge in [0, 0.05) is 38.8 Å². The molecule has 3 rings (SSSR count). The fourth-order valence-electron chi connectivity index (χ4n) is 4.15. The summed E-state index contributed by atoms with van der Waals surface area (Å²) >= 11 is 0.